The molecule has 1 fully saturated rings. The van der Waals surface area contributed by atoms with E-state index in [-0.39, 0.29) is 5.54 Å². The molecule has 0 radical (unpaired) electrons. The highest BCUT2D eigenvalue weighted by molar-refractivity contribution is 5.79. The molecule has 4 heteroatoms. The average molecular weight is 255 g/mol. The normalized spacial score (nSPS) is 18.4. The van der Waals surface area contributed by atoms with Gasteiger partial charge in [-0.2, -0.15) is 0 Å². The van der Waals surface area contributed by atoms with Crippen LogP contribution in [0.25, 0.3) is 0 Å². The highest BCUT2D eigenvalue weighted by Gasteiger charge is 2.22. The van der Waals surface area contributed by atoms with E-state index in [1.54, 1.807) is 0 Å². The molecule has 0 aromatic carbocycles. The first-order valence-corrected chi connectivity index (χ1v) is 7.17. The van der Waals surface area contributed by atoms with Gasteiger partial charge >= 0.3 is 0 Å². The molecule has 4 nitrogen and oxygen atoms in total. The van der Waals surface area contributed by atoms with Crippen molar-refractivity contribution in [1.29, 1.82) is 0 Å². The van der Waals surface area contributed by atoms with E-state index in [1.807, 2.05) is 4.90 Å². The van der Waals surface area contributed by atoms with E-state index in [4.69, 9.17) is 0 Å². The fourth-order valence-electron chi connectivity index (χ4n) is 2.23. The monoisotopic (exact) mass is 255 g/mol. The van der Waals surface area contributed by atoms with Crippen molar-refractivity contribution in [3.8, 4) is 0 Å². The van der Waals surface area contributed by atoms with Gasteiger partial charge in [0.1, 0.15) is 0 Å². The number of hydrogen-bond donors (Lipinski definition) is 1. The lowest BCUT2D eigenvalue weighted by atomic mass is 10.1. The van der Waals surface area contributed by atoms with Crippen LogP contribution in [0, 0.1) is 0 Å². The molecule has 106 valence electrons. The Labute approximate surface area is 112 Å². The van der Waals surface area contributed by atoms with E-state index in [2.05, 4.69) is 37.9 Å². The third-order valence-electron chi connectivity index (χ3n) is 3.20. The predicted octanol–water partition coefficient (Wildman–Crippen LogP) is 1.32. The van der Waals surface area contributed by atoms with Gasteiger partial charge in [0, 0.05) is 25.2 Å². The lowest BCUT2D eigenvalue weighted by molar-refractivity contribution is -0.136. The standard InChI is InChI=1S/C14H29N3O/c1-5-8-16-10-11-17(13(18)12-16)9-6-7-15-14(2,3)4/h15H,5-12H2,1-4H3. The summed E-state index contributed by atoms with van der Waals surface area (Å²) in [5.41, 5.74) is 0.170. The zero-order valence-electron chi connectivity index (χ0n) is 12.5. The van der Waals surface area contributed by atoms with Crippen molar-refractivity contribution in [2.45, 2.75) is 46.1 Å². The van der Waals surface area contributed by atoms with Crippen LogP contribution in [0.3, 0.4) is 0 Å². The molecule has 18 heavy (non-hydrogen) atoms. The zero-order valence-corrected chi connectivity index (χ0v) is 12.5. The summed E-state index contributed by atoms with van der Waals surface area (Å²) < 4.78 is 0. The van der Waals surface area contributed by atoms with Gasteiger partial charge in [-0.1, -0.05) is 6.92 Å². The Balaban J connectivity index is 2.18. The largest absolute Gasteiger partial charge is 0.340 e. The molecule has 0 aromatic heterocycles. The van der Waals surface area contributed by atoms with Crippen molar-refractivity contribution in [2.24, 2.45) is 0 Å². The number of piperazine rings is 1. The molecule has 1 amide bonds. The van der Waals surface area contributed by atoms with E-state index in [0.29, 0.717) is 12.5 Å². The quantitative estimate of drug-likeness (QED) is 0.727. The summed E-state index contributed by atoms with van der Waals surface area (Å²) in [5.74, 6) is 0.297. The van der Waals surface area contributed by atoms with Crippen LogP contribution >= 0.6 is 0 Å². The third-order valence-corrected chi connectivity index (χ3v) is 3.20. The highest BCUT2D eigenvalue weighted by atomic mass is 16.2. The van der Waals surface area contributed by atoms with Crippen LogP contribution in [-0.2, 0) is 4.79 Å². The van der Waals surface area contributed by atoms with Gasteiger partial charge in [-0.25, -0.2) is 0 Å². The minimum absolute atomic E-state index is 0.170. The molecule has 1 heterocycles. The van der Waals surface area contributed by atoms with E-state index < -0.39 is 0 Å². The maximum absolute atomic E-state index is 11.9. The molecule has 0 aliphatic carbocycles. The highest BCUT2D eigenvalue weighted by Crippen LogP contribution is 2.05. The maximum atomic E-state index is 11.9. The number of hydrogen-bond acceptors (Lipinski definition) is 3. The van der Waals surface area contributed by atoms with E-state index in [1.165, 1.54) is 0 Å². The molecule has 0 saturated carbocycles. The van der Waals surface area contributed by atoms with E-state index >= 15 is 0 Å². The molecule has 1 aliphatic rings. The second kappa shape index (κ2) is 7.10. The summed E-state index contributed by atoms with van der Waals surface area (Å²) in [6.45, 7) is 14.1. The molecule has 1 saturated heterocycles. The van der Waals surface area contributed by atoms with Crippen LogP contribution in [0.4, 0.5) is 0 Å². The van der Waals surface area contributed by atoms with Gasteiger partial charge < -0.3 is 10.2 Å². The number of amides is 1. The SMILES string of the molecule is CCCN1CCN(CCCNC(C)(C)C)C(=O)C1. The summed E-state index contributed by atoms with van der Waals surface area (Å²) >= 11 is 0. The lowest BCUT2D eigenvalue weighted by Crippen LogP contribution is -2.51. The first-order valence-electron chi connectivity index (χ1n) is 7.17. The van der Waals surface area contributed by atoms with Crippen LogP contribution < -0.4 is 5.32 Å². The third kappa shape index (κ3) is 5.83. The Morgan fingerprint density at radius 3 is 2.50 bits per heavy atom. The molecular formula is C14H29N3O. The van der Waals surface area contributed by atoms with Crippen molar-refractivity contribution in [3.63, 3.8) is 0 Å². The van der Waals surface area contributed by atoms with Crippen LogP contribution in [0.1, 0.15) is 40.5 Å². The topological polar surface area (TPSA) is 35.6 Å². The molecule has 0 aromatic rings. The lowest BCUT2D eigenvalue weighted by Gasteiger charge is -2.34. The van der Waals surface area contributed by atoms with Crippen molar-refractivity contribution in [1.82, 2.24) is 15.1 Å². The van der Waals surface area contributed by atoms with Crippen LogP contribution in [-0.4, -0.2) is 60.5 Å². The molecule has 1 N–H and O–H groups in total. The Hall–Kier alpha value is -0.610. The van der Waals surface area contributed by atoms with Crippen LogP contribution in [0.2, 0.25) is 0 Å². The Morgan fingerprint density at radius 2 is 1.94 bits per heavy atom. The molecule has 0 unspecified atom stereocenters. The minimum Gasteiger partial charge on any atom is -0.340 e. The second-order valence-electron chi connectivity index (χ2n) is 6.19. The molecule has 0 bridgehead atoms. The first kappa shape index (κ1) is 15.4. The first-order chi connectivity index (χ1) is 8.42. The average Bonchev–Trinajstić information content (AvgIpc) is 2.26. The molecular weight excluding hydrogens is 226 g/mol. The van der Waals surface area contributed by atoms with E-state index in [9.17, 15) is 4.79 Å². The smallest absolute Gasteiger partial charge is 0.236 e. The van der Waals surface area contributed by atoms with Gasteiger partial charge in [0.2, 0.25) is 5.91 Å². The van der Waals surface area contributed by atoms with Crippen molar-refractivity contribution >= 4 is 5.91 Å². The van der Waals surface area contributed by atoms with Gasteiger partial charge in [-0.05, 0) is 46.7 Å². The maximum Gasteiger partial charge on any atom is 0.236 e. The molecule has 0 atom stereocenters. The molecule has 1 aliphatic heterocycles. The second-order valence-corrected chi connectivity index (χ2v) is 6.19. The fourth-order valence-corrected chi connectivity index (χ4v) is 2.23. The number of nitrogens with zero attached hydrogens (tertiary/aromatic N) is 2. The van der Waals surface area contributed by atoms with Crippen LogP contribution in [0.15, 0.2) is 0 Å². The Bertz CT molecular complexity index is 260. The Kier molecular flexibility index (Phi) is 6.09. The summed E-state index contributed by atoms with van der Waals surface area (Å²) in [7, 11) is 0. The fraction of sp³-hybridized carbons (Fsp3) is 0.929. The summed E-state index contributed by atoms with van der Waals surface area (Å²) in [6.07, 6.45) is 2.17. The Morgan fingerprint density at radius 1 is 1.22 bits per heavy atom. The summed E-state index contributed by atoms with van der Waals surface area (Å²) in [5, 5.41) is 3.46. The van der Waals surface area contributed by atoms with Crippen molar-refractivity contribution in [3.05, 3.63) is 0 Å². The number of carbonyl (C=O) groups excluding carboxylic acids is 1. The van der Waals surface area contributed by atoms with Gasteiger partial charge in [0.25, 0.3) is 0 Å². The summed E-state index contributed by atoms with van der Waals surface area (Å²) in [4.78, 5) is 16.2. The predicted molar refractivity (Wildman–Crippen MR) is 75.7 cm³/mol. The van der Waals surface area contributed by atoms with Gasteiger partial charge in [0.15, 0.2) is 0 Å². The summed E-state index contributed by atoms with van der Waals surface area (Å²) in [6, 6.07) is 0. The molecule has 1 rings (SSSR count). The number of nitrogens with one attached hydrogen (secondary N) is 1. The van der Waals surface area contributed by atoms with Crippen molar-refractivity contribution in [2.75, 3.05) is 39.3 Å². The van der Waals surface area contributed by atoms with Gasteiger partial charge in [0.05, 0.1) is 6.54 Å². The van der Waals surface area contributed by atoms with Crippen LogP contribution in [0.5, 0.6) is 0 Å². The van der Waals surface area contributed by atoms with Gasteiger partial charge in [-0.3, -0.25) is 9.69 Å². The molecule has 0 spiro atoms. The number of carbonyl (C=O) groups is 1. The minimum atomic E-state index is 0.170. The van der Waals surface area contributed by atoms with Crippen molar-refractivity contribution < 1.29 is 4.79 Å². The zero-order chi connectivity index (χ0) is 13.6. The van der Waals surface area contributed by atoms with E-state index in [0.717, 1.165) is 45.6 Å². The van der Waals surface area contributed by atoms with Gasteiger partial charge in [-0.15, -0.1) is 0 Å². The number of rotatable bonds is 6.